The molecule has 23 heavy (non-hydrogen) atoms. The predicted molar refractivity (Wildman–Crippen MR) is 86.1 cm³/mol. The molecule has 0 aliphatic carbocycles. The average Bonchev–Trinajstić information content (AvgIpc) is 2.51. The maximum atomic E-state index is 12.1. The quantitative estimate of drug-likeness (QED) is 0.826. The number of esters is 1. The highest BCUT2D eigenvalue weighted by molar-refractivity contribution is 5.89. The van der Waals surface area contributed by atoms with Crippen molar-refractivity contribution in [3.05, 3.63) is 35.4 Å². The van der Waals surface area contributed by atoms with Crippen LogP contribution in [0.5, 0.6) is 0 Å². The fourth-order valence-corrected chi connectivity index (χ4v) is 2.75. The van der Waals surface area contributed by atoms with Crippen molar-refractivity contribution in [3.63, 3.8) is 0 Å². The molecule has 6 nitrogen and oxygen atoms in total. The number of methoxy groups -OCH3 is 1. The molecule has 1 aromatic rings. The van der Waals surface area contributed by atoms with Crippen LogP contribution in [0.3, 0.4) is 0 Å². The van der Waals surface area contributed by atoms with Gasteiger partial charge in [-0.25, -0.2) is 4.79 Å². The molecule has 1 aliphatic heterocycles. The molecule has 0 radical (unpaired) electrons. The number of nitrogens with one attached hydrogen (secondary N) is 1. The largest absolute Gasteiger partial charge is 0.465 e. The smallest absolute Gasteiger partial charge is 0.337 e. The van der Waals surface area contributed by atoms with E-state index < -0.39 is 0 Å². The predicted octanol–water partition coefficient (Wildman–Crippen LogP) is 1.20. The molecule has 1 N–H and O–H groups in total. The van der Waals surface area contributed by atoms with Crippen molar-refractivity contribution < 1.29 is 19.1 Å². The lowest BCUT2D eigenvalue weighted by Gasteiger charge is -2.34. The van der Waals surface area contributed by atoms with Crippen LogP contribution in [0, 0.1) is 0 Å². The van der Waals surface area contributed by atoms with E-state index in [1.165, 1.54) is 7.11 Å². The SMILES string of the molecule is COC(=O)c1ccc(CNC(=O)CN2C[C@@H](C)O[C@@H](C)C2)cc1. The second-order valence-corrected chi connectivity index (χ2v) is 5.92. The van der Waals surface area contributed by atoms with Gasteiger partial charge in [0.05, 0.1) is 31.4 Å². The average molecular weight is 320 g/mol. The van der Waals surface area contributed by atoms with Gasteiger partial charge in [-0.1, -0.05) is 12.1 Å². The first kappa shape index (κ1) is 17.4. The number of carbonyl (C=O) groups excluding carboxylic acids is 2. The molecular weight excluding hydrogens is 296 g/mol. The molecule has 0 spiro atoms. The van der Waals surface area contributed by atoms with E-state index in [1.807, 2.05) is 26.0 Å². The molecule has 2 rings (SSSR count). The van der Waals surface area contributed by atoms with Gasteiger partial charge >= 0.3 is 5.97 Å². The minimum atomic E-state index is -0.365. The number of morpholine rings is 1. The van der Waals surface area contributed by atoms with Gasteiger partial charge in [-0.15, -0.1) is 0 Å². The number of benzene rings is 1. The highest BCUT2D eigenvalue weighted by Crippen LogP contribution is 2.10. The van der Waals surface area contributed by atoms with E-state index in [0.29, 0.717) is 18.7 Å². The molecule has 6 heteroatoms. The Hall–Kier alpha value is -1.92. The zero-order valence-electron chi connectivity index (χ0n) is 13.9. The molecule has 0 unspecified atom stereocenters. The molecule has 2 atom stereocenters. The Labute approximate surface area is 136 Å². The van der Waals surface area contributed by atoms with Gasteiger partial charge in [0.15, 0.2) is 0 Å². The number of rotatable bonds is 5. The summed E-state index contributed by atoms with van der Waals surface area (Å²) in [6.45, 7) is 6.39. The second kappa shape index (κ2) is 8.08. The maximum Gasteiger partial charge on any atom is 0.337 e. The Morgan fingerprint density at radius 3 is 2.39 bits per heavy atom. The molecule has 0 saturated carbocycles. The Morgan fingerprint density at radius 2 is 1.83 bits per heavy atom. The van der Waals surface area contributed by atoms with E-state index in [4.69, 9.17) is 4.74 Å². The molecule has 1 amide bonds. The van der Waals surface area contributed by atoms with E-state index >= 15 is 0 Å². The van der Waals surface area contributed by atoms with Crippen molar-refractivity contribution in [3.8, 4) is 0 Å². The number of ether oxygens (including phenoxy) is 2. The molecule has 126 valence electrons. The van der Waals surface area contributed by atoms with Crippen molar-refractivity contribution in [2.45, 2.75) is 32.6 Å². The Morgan fingerprint density at radius 1 is 1.22 bits per heavy atom. The van der Waals surface area contributed by atoms with Crippen LogP contribution in [0.2, 0.25) is 0 Å². The van der Waals surface area contributed by atoms with Crippen LogP contribution >= 0.6 is 0 Å². The zero-order chi connectivity index (χ0) is 16.8. The molecule has 1 aromatic carbocycles. The third-order valence-corrected chi connectivity index (χ3v) is 3.73. The summed E-state index contributed by atoms with van der Waals surface area (Å²) in [6.07, 6.45) is 0.301. The second-order valence-electron chi connectivity index (χ2n) is 5.92. The number of hydrogen-bond acceptors (Lipinski definition) is 5. The molecule has 0 bridgehead atoms. The lowest BCUT2D eigenvalue weighted by atomic mass is 10.1. The summed E-state index contributed by atoms with van der Waals surface area (Å²) in [4.78, 5) is 25.5. The summed E-state index contributed by atoms with van der Waals surface area (Å²) < 4.78 is 10.3. The van der Waals surface area contributed by atoms with Crippen LogP contribution in [-0.2, 0) is 20.8 Å². The lowest BCUT2D eigenvalue weighted by molar-refractivity contribution is -0.126. The minimum Gasteiger partial charge on any atom is -0.465 e. The molecule has 1 saturated heterocycles. The monoisotopic (exact) mass is 320 g/mol. The summed E-state index contributed by atoms with van der Waals surface area (Å²) in [5, 5.41) is 2.90. The first-order valence-corrected chi connectivity index (χ1v) is 7.79. The molecular formula is C17H24N2O4. The topological polar surface area (TPSA) is 67.9 Å². The third kappa shape index (κ3) is 5.33. The van der Waals surface area contributed by atoms with Gasteiger partial charge in [0, 0.05) is 19.6 Å². The van der Waals surface area contributed by atoms with Crippen LogP contribution in [0.25, 0.3) is 0 Å². The van der Waals surface area contributed by atoms with E-state index in [2.05, 4.69) is 15.0 Å². The summed E-state index contributed by atoms with van der Waals surface area (Å²) in [7, 11) is 1.35. The highest BCUT2D eigenvalue weighted by Gasteiger charge is 2.23. The molecule has 0 aromatic heterocycles. The summed E-state index contributed by atoms with van der Waals surface area (Å²) >= 11 is 0. The van der Waals surface area contributed by atoms with Crippen molar-refractivity contribution in [2.24, 2.45) is 0 Å². The number of amides is 1. The van der Waals surface area contributed by atoms with E-state index in [0.717, 1.165) is 18.7 Å². The summed E-state index contributed by atoms with van der Waals surface area (Å²) in [6, 6.07) is 7.01. The van der Waals surface area contributed by atoms with Gasteiger partial charge in [0.25, 0.3) is 0 Å². The standard InChI is InChI=1S/C17H24N2O4/c1-12-9-19(10-13(2)23-12)11-16(20)18-8-14-4-6-15(7-5-14)17(21)22-3/h4-7,12-13H,8-11H2,1-3H3,(H,18,20)/t12-,13+. The summed E-state index contributed by atoms with van der Waals surface area (Å²) in [5.41, 5.74) is 1.44. The van der Waals surface area contributed by atoms with Crippen molar-refractivity contribution >= 4 is 11.9 Å². The van der Waals surface area contributed by atoms with E-state index in [1.54, 1.807) is 12.1 Å². The van der Waals surface area contributed by atoms with Crippen LogP contribution in [0.4, 0.5) is 0 Å². The van der Waals surface area contributed by atoms with Gasteiger partial charge in [0.1, 0.15) is 0 Å². The maximum absolute atomic E-state index is 12.1. The first-order chi connectivity index (χ1) is 11.0. The zero-order valence-corrected chi connectivity index (χ0v) is 13.9. The minimum absolute atomic E-state index is 0.0108. The number of carbonyl (C=O) groups is 2. The molecule has 1 aliphatic rings. The van der Waals surface area contributed by atoms with Crippen molar-refractivity contribution in [1.82, 2.24) is 10.2 Å². The van der Waals surface area contributed by atoms with Crippen molar-refractivity contribution in [2.75, 3.05) is 26.7 Å². The van der Waals surface area contributed by atoms with Crippen LogP contribution < -0.4 is 5.32 Å². The van der Waals surface area contributed by atoms with Crippen molar-refractivity contribution in [1.29, 1.82) is 0 Å². The van der Waals surface area contributed by atoms with Gasteiger partial charge in [-0.2, -0.15) is 0 Å². The first-order valence-electron chi connectivity index (χ1n) is 7.79. The van der Waals surface area contributed by atoms with E-state index in [9.17, 15) is 9.59 Å². The van der Waals surface area contributed by atoms with Gasteiger partial charge in [0.2, 0.25) is 5.91 Å². The van der Waals surface area contributed by atoms with Crippen LogP contribution in [0.15, 0.2) is 24.3 Å². The highest BCUT2D eigenvalue weighted by atomic mass is 16.5. The van der Waals surface area contributed by atoms with Gasteiger partial charge in [-0.3, -0.25) is 9.69 Å². The number of hydrogen-bond donors (Lipinski definition) is 1. The fraction of sp³-hybridized carbons (Fsp3) is 0.529. The Balaban J connectivity index is 1.79. The lowest BCUT2D eigenvalue weighted by Crippen LogP contribution is -2.49. The van der Waals surface area contributed by atoms with Crippen LogP contribution in [0.1, 0.15) is 29.8 Å². The molecule has 1 heterocycles. The number of nitrogens with zero attached hydrogens (tertiary/aromatic N) is 1. The van der Waals surface area contributed by atoms with Crippen LogP contribution in [-0.4, -0.2) is 55.7 Å². The molecule has 1 fully saturated rings. The van der Waals surface area contributed by atoms with Gasteiger partial charge in [-0.05, 0) is 31.5 Å². The normalized spacial score (nSPS) is 21.7. The summed E-state index contributed by atoms with van der Waals surface area (Å²) in [5.74, 6) is -0.375. The Bertz CT molecular complexity index is 534. The fourth-order valence-electron chi connectivity index (χ4n) is 2.75. The van der Waals surface area contributed by atoms with E-state index in [-0.39, 0.29) is 24.1 Å². The third-order valence-electron chi connectivity index (χ3n) is 3.73. The van der Waals surface area contributed by atoms with Gasteiger partial charge < -0.3 is 14.8 Å². The Kier molecular flexibility index (Phi) is 6.12.